The van der Waals surface area contributed by atoms with Gasteiger partial charge in [-0.2, -0.15) is 0 Å². The minimum atomic E-state index is -0.937. The van der Waals surface area contributed by atoms with Crippen molar-refractivity contribution in [2.75, 3.05) is 13.2 Å². The number of rotatable bonds is 5. The van der Waals surface area contributed by atoms with Gasteiger partial charge in [0.15, 0.2) is 0 Å². The van der Waals surface area contributed by atoms with Crippen LogP contribution in [-0.2, 0) is 9.53 Å². The first-order valence-corrected chi connectivity index (χ1v) is 4.17. The van der Waals surface area contributed by atoms with Crippen LogP contribution in [0.2, 0.25) is 0 Å². The molecule has 1 saturated carbocycles. The molecule has 0 unspecified atom stereocenters. The Kier molecular flexibility index (Phi) is 3.49. The summed E-state index contributed by atoms with van der Waals surface area (Å²) in [4.78, 5) is 10.9. The molecule has 0 spiro atoms. The van der Waals surface area contributed by atoms with Crippen LogP contribution in [-0.4, -0.2) is 35.5 Å². The van der Waals surface area contributed by atoms with Crippen LogP contribution in [0.3, 0.4) is 0 Å². The molecule has 1 aliphatic carbocycles. The number of ether oxygens (including phenoxy) is 1. The van der Waals surface area contributed by atoms with E-state index in [1.54, 1.807) is 0 Å². The molecule has 4 heteroatoms. The van der Waals surface area contributed by atoms with Crippen molar-refractivity contribution >= 4 is 5.97 Å². The van der Waals surface area contributed by atoms with Gasteiger partial charge in [-0.15, -0.1) is 0 Å². The predicted octanol–water partition coefficient (Wildman–Crippen LogP) is -0.317. The monoisotopic (exact) mass is 174 g/mol. The predicted molar refractivity (Wildman–Crippen MR) is 41.4 cm³/mol. The molecule has 1 aliphatic rings. The molecule has 1 rings (SSSR count). The minimum absolute atomic E-state index is 0.0952. The number of hydrogen-bond donors (Lipinski definition) is 2. The third-order valence-corrected chi connectivity index (χ3v) is 1.80. The Balaban J connectivity index is 2.00. The van der Waals surface area contributed by atoms with E-state index in [0.717, 1.165) is 12.8 Å². The number of carbonyl (C=O) groups excluding carboxylic acids is 1. The highest BCUT2D eigenvalue weighted by molar-refractivity contribution is 5.70. The summed E-state index contributed by atoms with van der Waals surface area (Å²) in [5, 5.41) is 17.2. The largest absolute Gasteiger partial charge is 0.463 e. The average Bonchev–Trinajstić information content (AvgIpc) is 2.84. The molecule has 0 bridgehead atoms. The smallest absolute Gasteiger partial charge is 0.306 e. The summed E-state index contributed by atoms with van der Waals surface area (Å²) in [6, 6.07) is 0. The minimum Gasteiger partial charge on any atom is -0.463 e. The molecule has 1 atom stereocenters. The van der Waals surface area contributed by atoms with E-state index in [0.29, 0.717) is 12.3 Å². The molecule has 12 heavy (non-hydrogen) atoms. The Morgan fingerprint density at radius 2 is 2.25 bits per heavy atom. The summed E-state index contributed by atoms with van der Waals surface area (Å²) in [5.41, 5.74) is 0. The van der Waals surface area contributed by atoms with Gasteiger partial charge in [-0.3, -0.25) is 4.79 Å². The lowest BCUT2D eigenvalue weighted by molar-refractivity contribution is -0.147. The van der Waals surface area contributed by atoms with E-state index < -0.39 is 6.10 Å². The summed E-state index contributed by atoms with van der Waals surface area (Å²) < 4.78 is 4.70. The molecule has 0 aromatic rings. The Bertz CT molecular complexity index is 153. The zero-order chi connectivity index (χ0) is 8.97. The van der Waals surface area contributed by atoms with E-state index in [9.17, 15) is 4.79 Å². The Morgan fingerprint density at radius 3 is 2.75 bits per heavy atom. The fourth-order valence-electron chi connectivity index (χ4n) is 0.858. The van der Waals surface area contributed by atoms with Crippen molar-refractivity contribution in [3.8, 4) is 0 Å². The van der Waals surface area contributed by atoms with Crippen molar-refractivity contribution in [1.82, 2.24) is 0 Å². The molecule has 70 valence electrons. The lowest BCUT2D eigenvalue weighted by Crippen LogP contribution is -2.21. The van der Waals surface area contributed by atoms with Gasteiger partial charge in [0.1, 0.15) is 12.7 Å². The van der Waals surface area contributed by atoms with Gasteiger partial charge in [-0.1, -0.05) is 0 Å². The molecule has 0 aromatic carbocycles. The summed E-state index contributed by atoms with van der Waals surface area (Å²) in [6.45, 7) is -0.460. The number of aliphatic hydroxyl groups excluding tert-OH is 2. The van der Waals surface area contributed by atoms with Gasteiger partial charge in [0.05, 0.1) is 6.61 Å². The molecule has 0 saturated heterocycles. The molecule has 1 fully saturated rings. The fourth-order valence-corrected chi connectivity index (χ4v) is 0.858. The van der Waals surface area contributed by atoms with Crippen LogP contribution in [0, 0.1) is 5.92 Å². The Labute approximate surface area is 71.2 Å². The maximum Gasteiger partial charge on any atom is 0.306 e. The zero-order valence-corrected chi connectivity index (χ0v) is 6.90. The summed E-state index contributed by atoms with van der Waals surface area (Å²) in [5.74, 6) is 0.230. The first kappa shape index (κ1) is 9.48. The van der Waals surface area contributed by atoms with Crippen molar-refractivity contribution in [2.24, 2.45) is 5.92 Å². The highest BCUT2D eigenvalue weighted by Gasteiger charge is 2.25. The summed E-state index contributed by atoms with van der Waals surface area (Å²) >= 11 is 0. The van der Waals surface area contributed by atoms with Gasteiger partial charge in [-0.05, 0) is 18.8 Å². The van der Waals surface area contributed by atoms with E-state index in [-0.39, 0.29) is 19.2 Å². The number of carbonyl (C=O) groups is 1. The lowest BCUT2D eigenvalue weighted by Gasteiger charge is -2.07. The van der Waals surface area contributed by atoms with Crippen molar-refractivity contribution in [3.63, 3.8) is 0 Å². The summed E-state index contributed by atoms with van der Waals surface area (Å²) in [7, 11) is 0. The van der Waals surface area contributed by atoms with E-state index in [1.165, 1.54) is 0 Å². The zero-order valence-electron chi connectivity index (χ0n) is 6.90. The quantitative estimate of drug-likeness (QED) is 0.561. The number of hydrogen-bond acceptors (Lipinski definition) is 4. The van der Waals surface area contributed by atoms with Crippen LogP contribution >= 0.6 is 0 Å². The highest BCUT2D eigenvalue weighted by Crippen LogP contribution is 2.32. The van der Waals surface area contributed by atoms with Crippen molar-refractivity contribution < 1.29 is 19.7 Å². The van der Waals surface area contributed by atoms with Gasteiger partial charge < -0.3 is 14.9 Å². The maximum absolute atomic E-state index is 10.9. The molecular formula is C8H14O4. The van der Waals surface area contributed by atoms with Crippen LogP contribution in [0.25, 0.3) is 0 Å². The molecular weight excluding hydrogens is 160 g/mol. The molecule has 4 nitrogen and oxygen atoms in total. The first-order valence-electron chi connectivity index (χ1n) is 4.17. The van der Waals surface area contributed by atoms with Crippen LogP contribution in [0.5, 0.6) is 0 Å². The van der Waals surface area contributed by atoms with E-state index >= 15 is 0 Å². The standard InChI is InChI=1S/C8H14O4/c9-4-7(10)5-12-8(11)3-6-1-2-6/h6-7,9-10H,1-5H2/t7-/m1/s1. The molecule has 0 aromatic heterocycles. The van der Waals surface area contributed by atoms with E-state index in [2.05, 4.69) is 0 Å². The van der Waals surface area contributed by atoms with Crippen molar-refractivity contribution in [1.29, 1.82) is 0 Å². The van der Waals surface area contributed by atoms with E-state index in [4.69, 9.17) is 14.9 Å². The van der Waals surface area contributed by atoms with Gasteiger partial charge in [0.2, 0.25) is 0 Å². The first-order chi connectivity index (χ1) is 5.72. The van der Waals surface area contributed by atoms with Crippen LogP contribution < -0.4 is 0 Å². The normalized spacial score (nSPS) is 18.8. The third kappa shape index (κ3) is 3.69. The van der Waals surface area contributed by atoms with Crippen molar-refractivity contribution in [2.45, 2.75) is 25.4 Å². The topological polar surface area (TPSA) is 66.8 Å². The third-order valence-electron chi connectivity index (χ3n) is 1.80. The summed E-state index contributed by atoms with van der Waals surface area (Å²) in [6.07, 6.45) is 1.74. The highest BCUT2D eigenvalue weighted by atomic mass is 16.5. The van der Waals surface area contributed by atoms with Crippen LogP contribution in [0.4, 0.5) is 0 Å². The average molecular weight is 174 g/mol. The van der Waals surface area contributed by atoms with Crippen LogP contribution in [0.15, 0.2) is 0 Å². The lowest BCUT2D eigenvalue weighted by atomic mass is 10.3. The maximum atomic E-state index is 10.9. The molecule has 0 aliphatic heterocycles. The Morgan fingerprint density at radius 1 is 1.58 bits per heavy atom. The molecule has 0 amide bonds. The second-order valence-electron chi connectivity index (χ2n) is 3.17. The molecule has 0 heterocycles. The fraction of sp³-hybridized carbons (Fsp3) is 0.875. The van der Waals surface area contributed by atoms with Crippen molar-refractivity contribution in [3.05, 3.63) is 0 Å². The van der Waals surface area contributed by atoms with Gasteiger partial charge >= 0.3 is 5.97 Å². The van der Waals surface area contributed by atoms with Gasteiger partial charge in [0.25, 0.3) is 0 Å². The Hall–Kier alpha value is -0.610. The number of esters is 1. The SMILES string of the molecule is O=C(CC1CC1)OC[C@H](O)CO. The number of aliphatic hydroxyl groups is 2. The second kappa shape index (κ2) is 4.42. The van der Waals surface area contributed by atoms with E-state index in [1.807, 2.05) is 0 Å². The van der Waals surface area contributed by atoms with Crippen LogP contribution in [0.1, 0.15) is 19.3 Å². The van der Waals surface area contributed by atoms with Gasteiger partial charge in [-0.25, -0.2) is 0 Å². The molecule has 0 radical (unpaired) electrons. The second-order valence-corrected chi connectivity index (χ2v) is 3.17. The van der Waals surface area contributed by atoms with Gasteiger partial charge in [0, 0.05) is 6.42 Å². The molecule has 2 N–H and O–H groups in total.